The van der Waals surface area contributed by atoms with Gasteiger partial charge in [-0.05, 0) is 30.3 Å². The van der Waals surface area contributed by atoms with Gasteiger partial charge in [-0.25, -0.2) is 0 Å². The van der Waals surface area contributed by atoms with E-state index in [4.69, 9.17) is 10.2 Å². The number of benzene rings is 1. The van der Waals surface area contributed by atoms with Gasteiger partial charge < -0.3 is 15.5 Å². The zero-order valence-corrected chi connectivity index (χ0v) is 11.6. The number of aryl methyl sites for hydroxylation is 1. The van der Waals surface area contributed by atoms with Gasteiger partial charge in [-0.3, -0.25) is 9.78 Å². The number of fused-ring (bicyclic) bond motifs is 1. The fourth-order valence-corrected chi connectivity index (χ4v) is 2.31. The van der Waals surface area contributed by atoms with Crippen molar-refractivity contribution in [2.75, 3.05) is 11.1 Å². The van der Waals surface area contributed by atoms with Crippen LogP contribution in [0.15, 0.2) is 47.2 Å². The van der Waals surface area contributed by atoms with Crippen LogP contribution in [0.25, 0.3) is 10.9 Å². The predicted molar refractivity (Wildman–Crippen MR) is 82.2 cm³/mol. The summed E-state index contributed by atoms with van der Waals surface area (Å²) in [5.74, 6) is 0.473. The number of rotatable bonds is 3. The summed E-state index contributed by atoms with van der Waals surface area (Å²) in [6.45, 7) is 1.94. The summed E-state index contributed by atoms with van der Waals surface area (Å²) in [7, 11) is 0. The van der Waals surface area contributed by atoms with Crippen LogP contribution in [0.2, 0.25) is 0 Å². The van der Waals surface area contributed by atoms with Crippen LogP contribution in [-0.4, -0.2) is 10.9 Å². The van der Waals surface area contributed by atoms with Crippen LogP contribution in [-0.2, 0) is 6.42 Å². The number of hydrogen-bond acceptors (Lipinski definition) is 4. The molecule has 106 valence electrons. The molecule has 0 unspecified atom stereocenters. The Morgan fingerprint density at radius 1 is 1.33 bits per heavy atom. The third-order valence-corrected chi connectivity index (χ3v) is 3.36. The highest BCUT2D eigenvalue weighted by Crippen LogP contribution is 2.27. The number of aromatic nitrogens is 1. The van der Waals surface area contributed by atoms with Crippen molar-refractivity contribution in [1.82, 2.24) is 4.98 Å². The van der Waals surface area contributed by atoms with E-state index >= 15 is 0 Å². The molecule has 0 aliphatic rings. The maximum Gasteiger partial charge on any atom is 0.259 e. The predicted octanol–water partition coefficient (Wildman–Crippen LogP) is 3.22. The monoisotopic (exact) mass is 281 g/mol. The lowest BCUT2D eigenvalue weighted by molar-refractivity contribution is 0.102. The molecule has 21 heavy (non-hydrogen) atoms. The van der Waals surface area contributed by atoms with Crippen LogP contribution >= 0.6 is 0 Å². The number of pyridine rings is 1. The number of carbonyl (C=O) groups excluding carboxylic acids is 1. The molecule has 0 aliphatic carbocycles. The van der Waals surface area contributed by atoms with E-state index in [1.165, 1.54) is 6.26 Å². The largest absolute Gasteiger partial charge is 0.469 e. The molecule has 0 spiro atoms. The Morgan fingerprint density at radius 2 is 2.19 bits per heavy atom. The summed E-state index contributed by atoms with van der Waals surface area (Å²) in [6.07, 6.45) is 3.87. The second kappa shape index (κ2) is 5.28. The zero-order valence-electron chi connectivity index (χ0n) is 11.6. The highest BCUT2D eigenvalue weighted by molar-refractivity contribution is 6.10. The van der Waals surface area contributed by atoms with E-state index in [0.717, 1.165) is 5.39 Å². The number of hydrogen-bond donors (Lipinski definition) is 2. The number of nitrogens with one attached hydrogen (secondary N) is 1. The van der Waals surface area contributed by atoms with Gasteiger partial charge in [0.2, 0.25) is 0 Å². The fraction of sp³-hybridized carbons (Fsp3) is 0.125. The molecule has 1 aromatic carbocycles. The van der Waals surface area contributed by atoms with Gasteiger partial charge in [-0.15, -0.1) is 0 Å². The van der Waals surface area contributed by atoms with Gasteiger partial charge in [0.25, 0.3) is 5.91 Å². The minimum absolute atomic E-state index is 0.199. The molecule has 0 radical (unpaired) electrons. The maximum absolute atomic E-state index is 12.4. The lowest BCUT2D eigenvalue weighted by Crippen LogP contribution is -2.13. The number of amides is 1. The fourth-order valence-electron chi connectivity index (χ4n) is 2.31. The van der Waals surface area contributed by atoms with Gasteiger partial charge in [-0.1, -0.05) is 6.92 Å². The van der Waals surface area contributed by atoms with Gasteiger partial charge >= 0.3 is 0 Å². The van der Waals surface area contributed by atoms with Crippen molar-refractivity contribution in [3.63, 3.8) is 0 Å². The number of nitrogen functional groups attached to an aromatic ring is 1. The first-order chi connectivity index (χ1) is 10.2. The molecule has 0 saturated heterocycles. The Hall–Kier alpha value is -2.82. The summed E-state index contributed by atoms with van der Waals surface area (Å²) >= 11 is 0. The van der Waals surface area contributed by atoms with Crippen molar-refractivity contribution in [1.29, 1.82) is 0 Å². The minimum atomic E-state index is -0.199. The first kappa shape index (κ1) is 13.2. The van der Waals surface area contributed by atoms with Gasteiger partial charge in [0, 0.05) is 18.0 Å². The van der Waals surface area contributed by atoms with Crippen molar-refractivity contribution in [3.8, 4) is 0 Å². The van der Waals surface area contributed by atoms with Gasteiger partial charge in [0.1, 0.15) is 5.76 Å². The standard InChI is InChI=1S/C16H15N3O2/c1-2-14-11(7-9-21-14)16(20)19-13-6-5-12(17)15-10(13)4-3-8-18-15/h3-9H,2,17H2,1H3,(H,19,20). The molecule has 5 nitrogen and oxygen atoms in total. The number of nitrogens with zero attached hydrogens (tertiary/aromatic N) is 1. The van der Waals surface area contributed by atoms with Gasteiger partial charge in [0.15, 0.2) is 0 Å². The molecule has 2 aromatic heterocycles. The summed E-state index contributed by atoms with van der Waals surface area (Å²) in [5, 5.41) is 3.71. The Kier molecular flexibility index (Phi) is 3.31. The lowest BCUT2D eigenvalue weighted by Gasteiger charge is -2.09. The van der Waals surface area contributed by atoms with E-state index in [-0.39, 0.29) is 5.91 Å². The summed E-state index contributed by atoms with van der Waals surface area (Å²) < 4.78 is 5.29. The van der Waals surface area contributed by atoms with Crippen molar-refractivity contribution >= 4 is 28.2 Å². The molecule has 3 aromatic rings. The third-order valence-electron chi connectivity index (χ3n) is 3.36. The second-order valence-corrected chi connectivity index (χ2v) is 4.67. The zero-order chi connectivity index (χ0) is 14.8. The van der Waals surface area contributed by atoms with Crippen LogP contribution in [0.1, 0.15) is 23.0 Å². The van der Waals surface area contributed by atoms with E-state index in [0.29, 0.717) is 34.6 Å². The van der Waals surface area contributed by atoms with Crippen molar-refractivity contribution in [3.05, 3.63) is 54.1 Å². The number of nitrogens with two attached hydrogens (primary N) is 1. The Bertz CT molecular complexity index is 808. The first-order valence-corrected chi connectivity index (χ1v) is 6.71. The van der Waals surface area contributed by atoms with Crippen molar-refractivity contribution in [2.45, 2.75) is 13.3 Å². The molecule has 0 fully saturated rings. The molecule has 1 amide bonds. The molecule has 0 aliphatic heterocycles. The second-order valence-electron chi connectivity index (χ2n) is 4.67. The van der Waals surface area contributed by atoms with E-state index < -0.39 is 0 Å². The third kappa shape index (κ3) is 2.33. The van der Waals surface area contributed by atoms with Crippen molar-refractivity contribution in [2.24, 2.45) is 0 Å². The van der Waals surface area contributed by atoms with Crippen LogP contribution < -0.4 is 11.1 Å². The molecule has 5 heteroatoms. The van der Waals surface area contributed by atoms with Gasteiger partial charge in [0.05, 0.1) is 28.7 Å². The Labute approximate surface area is 121 Å². The number of anilines is 2. The van der Waals surface area contributed by atoms with Crippen LogP contribution in [0.4, 0.5) is 11.4 Å². The van der Waals surface area contributed by atoms with Crippen LogP contribution in [0.5, 0.6) is 0 Å². The number of furan rings is 1. The highest BCUT2D eigenvalue weighted by Gasteiger charge is 2.15. The minimum Gasteiger partial charge on any atom is -0.469 e. The van der Waals surface area contributed by atoms with E-state index in [9.17, 15) is 4.79 Å². The smallest absolute Gasteiger partial charge is 0.259 e. The normalized spacial score (nSPS) is 10.7. The topological polar surface area (TPSA) is 81.2 Å². The molecule has 3 rings (SSSR count). The quantitative estimate of drug-likeness (QED) is 0.722. The van der Waals surface area contributed by atoms with E-state index in [1.807, 2.05) is 19.1 Å². The summed E-state index contributed by atoms with van der Waals surface area (Å²) in [4.78, 5) is 16.6. The van der Waals surface area contributed by atoms with Crippen molar-refractivity contribution < 1.29 is 9.21 Å². The summed E-state index contributed by atoms with van der Waals surface area (Å²) in [5.41, 5.74) is 8.40. The first-order valence-electron chi connectivity index (χ1n) is 6.71. The Morgan fingerprint density at radius 3 is 3.00 bits per heavy atom. The Balaban J connectivity index is 1.99. The van der Waals surface area contributed by atoms with Crippen LogP contribution in [0.3, 0.4) is 0 Å². The van der Waals surface area contributed by atoms with Gasteiger partial charge in [-0.2, -0.15) is 0 Å². The molecular weight excluding hydrogens is 266 g/mol. The SMILES string of the molecule is CCc1occc1C(=O)Nc1ccc(N)c2ncccc12. The molecule has 0 saturated carbocycles. The molecule has 0 atom stereocenters. The molecular formula is C16H15N3O2. The average molecular weight is 281 g/mol. The molecule has 0 bridgehead atoms. The van der Waals surface area contributed by atoms with E-state index in [1.54, 1.807) is 24.4 Å². The van der Waals surface area contributed by atoms with Crippen LogP contribution in [0, 0.1) is 0 Å². The maximum atomic E-state index is 12.4. The lowest BCUT2D eigenvalue weighted by atomic mass is 10.1. The molecule has 3 N–H and O–H groups in total. The van der Waals surface area contributed by atoms with E-state index in [2.05, 4.69) is 10.3 Å². The highest BCUT2D eigenvalue weighted by atomic mass is 16.3. The number of carbonyl (C=O) groups is 1. The summed E-state index contributed by atoms with van der Waals surface area (Å²) in [6, 6.07) is 8.88. The molecule has 2 heterocycles. The average Bonchev–Trinajstić information content (AvgIpc) is 2.99.